The predicted molar refractivity (Wildman–Crippen MR) is 78.3 cm³/mol. The molecule has 0 saturated heterocycles. The molecule has 0 radical (unpaired) electrons. The quantitative estimate of drug-likeness (QED) is 0.774. The van der Waals surface area contributed by atoms with Crippen molar-refractivity contribution in [3.8, 4) is 0 Å². The Morgan fingerprint density at radius 3 is 2.43 bits per heavy atom. The predicted octanol–water partition coefficient (Wildman–Crippen LogP) is 3.55. The lowest BCUT2D eigenvalue weighted by Gasteiger charge is -2.07. The monoisotopic (exact) mass is 322 g/mol. The lowest BCUT2D eigenvalue weighted by Crippen LogP contribution is -2.04. The van der Waals surface area contributed by atoms with E-state index in [0.29, 0.717) is 17.0 Å². The Bertz CT molecular complexity index is 825. The molecule has 0 fully saturated rings. The van der Waals surface area contributed by atoms with Crippen LogP contribution in [-0.2, 0) is 6.18 Å². The number of pyridine rings is 1. The van der Waals surface area contributed by atoms with Crippen molar-refractivity contribution < 1.29 is 18.3 Å². The third-order valence-electron chi connectivity index (χ3n) is 3.29. The molecule has 2 aromatic heterocycles. The van der Waals surface area contributed by atoms with Crippen molar-refractivity contribution in [3.63, 3.8) is 0 Å². The minimum Gasteiger partial charge on any atom is -0.387 e. The molecule has 0 aliphatic heterocycles. The second-order valence-corrected chi connectivity index (χ2v) is 5.03. The van der Waals surface area contributed by atoms with Crippen molar-refractivity contribution >= 4 is 17.3 Å². The third-order valence-corrected chi connectivity index (χ3v) is 3.29. The number of alkyl halides is 3. The summed E-state index contributed by atoms with van der Waals surface area (Å²) >= 11 is 0. The molecule has 3 aromatic rings. The Morgan fingerprint density at radius 1 is 1.13 bits per heavy atom. The Morgan fingerprint density at radius 2 is 1.83 bits per heavy atom. The van der Waals surface area contributed by atoms with Crippen LogP contribution in [0.1, 0.15) is 24.3 Å². The summed E-state index contributed by atoms with van der Waals surface area (Å²) in [6.07, 6.45) is -5.09. The maximum Gasteiger partial charge on any atom is 0.416 e. The molecule has 23 heavy (non-hydrogen) atoms. The molecule has 120 valence electrons. The van der Waals surface area contributed by atoms with Gasteiger partial charge in [-0.15, -0.1) is 5.10 Å². The van der Waals surface area contributed by atoms with E-state index in [2.05, 4.69) is 15.4 Å². The van der Waals surface area contributed by atoms with Crippen LogP contribution in [0.4, 0.5) is 24.8 Å². The number of aromatic nitrogens is 3. The summed E-state index contributed by atoms with van der Waals surface area (Å²) in [7, 11) is 0. The Kier molecular flexibility index (Phi) is 3.69. The van der Waals surface area contributed by atoms with Gasteiger partial charge < -0.3 is 10.4 Å². The lowest BCUT2D eigenvalue weighted by atomic mass is 10.2. The van der Waals surface area contributed by atoms with Crippen molar-refractivity contribution in [2.45, 2.75) is 19.2 Å². The fourth-order valence-corrected chi connectivity index (χ4v) is 2.17. The summed E-state index contributed by atoms with van der Waals surface area (Å²) < 4.78 is 39.1. The Balaban J connectivity index is 1.88. The topological polar surface area (TPSA) is 62.5 Å². The van der Waals surface area contributed by atoms with Crippen LogP contribution >= 0.6 is 0 Å². The highest BCUT2D eigenvalue weighted by Gasteiger charge is 2.29. The number of hydrogen-bond donors (Lipinski definition) is 2. The van der Waals surface area contributed by atoms with Gasteiger partial charge in [0.05, 0.1) is 17.4 Å². The van der Waals surface area contributed by atoms with Crippen LogP contribution < -0.4 is 5.32 Å². The number of nitrogens with zero attached hydrogens (tertiary/aromatic N) is 3. The van der Waals surface area contributed by atoms with E-state index in [1.54, 1.807) is 25.1 Å². The molecule has 2 N–H and O–H groups in total. The van der Waals surface area contributed by atoms with Crippen LogP contribution in [0.2, 0.25) is 0 Å². The average Bonchev–Trinajstić information content (AvgIpc) is 2.88. The minimum atomic E-state index is -4.37. The normalized spacial score (nSPS) is 13.3. The van der Waals surface area contributed by atoms with E-state index in [1.165, 1.54) is 16.6 Å². The fraction of sp³-hybridized carbons (Fsp3) is 0.200. The number of benzene rings is 1. The zero-order valence-corrected chi connectivity index (χ0v) is 12.0. The number of fused-ring (bicyclic) bond motifs is 1. The SMILES string of the molecule is CC(O)c1cccc2nc(Nc3ccc(C(F)(F)F)cc3)nn12. The molecule has 8 heteroatoms. The van der Waals surface area contributed by atoms with E-state index in [9.17, 15) is 18.3 Å². The van der Waals surface area contributed by atoms with Crippen molar-refractivity contribution in [2.24, 2.45) is 0 Å². The van der Waals surface area contributed by atoms with Crippen LogP contribution in [0.5, 0.6) is 0 Å². The van der Waals surface area contributed by atoms with Crippen LogP contribution in [-0.4, -0.2) is 19.7 Å². The molecule has 1 atom stereocenters. The van der Waals surface area contributed by atoms with E-state index in [0.717, 1.165) is 12.1 Å². The first-order valence-corrected chi connectivity index (χ1v) is 6.82. The molecular weight excluding hydrogens is 309 g/mol. The molecule has 1 aromatic carbocycles. The summed E-state index contributed by atoms with van der Waals surface area (Å²) in [5, 5.41) is 16.8. The van der Waals surface area contributed by atoms with Gasteiger partial charge in [0.1, 0.15) is 0 Å². The Hall–Kier alpha value is -2.61. The molecule has 1 unspecified atom stereocenters. The van der Waals surface area contributed by atoms with Gasteiger partial charge >= 0.3 is 6.18 Å². The zero-order chi connectivity index (χ0) is 16.6. The smallest absolute Gasteiger partial charge is 0.387 e. The van der Waals surface area contributed by atoms with Gasteiger partial charge in [0.2, 0.25) is 5.95 Å². The maximum atomic E-state index is 12.5. The van der Waals surface area contributed by atoms with Crippen molar-refractivity contribution in [3.05, 3.63) is 53.7 Å². The lowest BCUT2D eigenvalue weighted by molar-refractivity contribution is -0.137. The summed E-state index contributed by atoms with van der Waals surface area (Å²) in [5.74, 6) is 0.234. The van der Waals surface area contributed by atoms with Gasteiger partial charge in [0.15, 0.2) is 5.65 Å². The molecule has 0 spiro atoms. The molecule has 0 saturated carbocycles. The highest BCUT2D eigenvalue weighted by atomic mass is 19.4. The highest BCUT2D eigenvalue weighted by Crippen LogP contribution is 2.30. The number of aliphatic hydroxyl groups excluding tert-OH is 1. The van der Waals surface area contributed by atoms with Gasteiger partial charge in [-0.2, -0.15) is 18.2 Å². The highest BCUT2D eigenvalue weighted by molar-refractivity contribution is 5.56. The summed E-state index contributed by atoms with van der Waals surface area (Å²) in [5.41, 5.74) is 0.809. The summed E-state index contributed by atoms with van der Waals surface area (Å²) in [4.78, 5) is 4.23. The second kappa shape index (κ2) is 5.54. The van der Waals surface area contributed by atoms with Gasteiger partial charge in [-0.3, -0.25) is 0 Å². The number of nitrogens with one attached hydrogen (secondary N) is 1. The zero-order valence-electron chi connectivity index (χ0n) is 12.0. The molecule has 3 rings (SSSR count). The largest absolute Gasteiger partial charge is 0.416 e. The van der Waals surface area contributed by atoms with Crippen LogP contribution in [0.3, 0.4) is 0 Å². The summed E-state index contributed by atoms with van der Waals surface area (Å²) in [6.45, 7) is 1.61. The number of hydrogen-bond acceptors (Lipinski definition) is 4. The van der Waals surface area contributed by atoms with Gasteiger partial charge in [-0.1, -0.05) is 6.07 Å². The molecule has 0 amide bonds. The van der Waals surface area contributed by atoms with Gasteiger partial charge in [-0.25, -0.2) is 4.52 Å². The van der Waals surface area contributed by atoms with Gasteiger partial charge in [-0.05, 0) is 43.3 Å². The van der Waals surface area contributed by atoms with Gasteiger partial charge in [0.25, 0.3) is 0 Å². The molecule has 0 aliphatic carbocycles. The van der Waals surface area contributed by atoms with Crippen LogP contribution in [0.25, 0.3) is 5.65 Å². The van der Waals surface area contributed by atoms with E-state index >= 15 is 0 Å². The van der Waals surface area contributed by atoms with Crippen molar-refractivity contribution in [2.75, 3.05) is 5.32 Å². The molecule has 2 heterocycles. The number of anilines is 2. The van der Waals surface area contributed by atoms with Crippen molar-refractivity contribution in [1.29, 1.82) is 0 Å². The first-order chi connectivity index (χ1) is 10.8. The van der Waals surface area contributed by atoms with Crippen molar-refractivity contribution in [1.82, 2.24) is 14.6 Å². The summed E-state index contributed by atoms with van der Waals surface area (Å²) in [6, 6.07) is 9.77. The maximum absolute atomic E-state index is 12.5. The minimum absolute atomic E-state index is 0.234. The molecule has 5 nitrogen and oxygen atoms in total. The number of halogens is 3. The Labute approximate surface area is 129 Å². The molecule has 0 aliphatic rings. The van der Waals surface area contributed by atoms with E-state index < -0.39 is 17.8 Å². The number of rotatable bonds is 3. The van der Waals surface area contributed by atoms with Crippen LogP contribution in [0, 0.1) is 0 Å². The number of aliphatic hydroxyl groups is 1. The molecule has 0 bridgehead atoms. The average molecular weight is 322 g/mol. The second-order valence-electron chi connectivity index (χ2n) is 5.03. The van der Waals surface area contributed by atoms with E-state index in [1.807, 2.05) is 0 Å². The van der Waals surface area contributed by atoms with Gasteiger partial charge in [0, 0.05) is 5.69 Å². The van der Waals surface area contributed by atoms with E-state index in [4.69, 9.17) is 0 Å². The first-order valence-electron chi connectivity index (χ1n) is 6.82. The standard InChI is InChI=1S/C15H13F3N4O/c1-9(23)12-3-2-4-13-20-14(21-22(12)13)19-11-7-5-10(6-8-11)15(16,17)18/h2-9,23H,1H3,(H,19,21). The third kappa shape index (κ3) is 3.11. The molecular formula is C15H13F3N4O. The van der Waals surface area contributed by atoms with E-state index in [-0.39, 0.29) is 5.95 Å². The van der Waals surface area contributed by atoms with Crippen LogP contribution in [0.15, 0.2) is 42.5 Å². The fourth-order valence-electron chi connectivity index (χ4n) is 2.17. The first kappa shape index (κ1) is 15.3.